The lowest BCUT2D eigenvalue weighted by Crippen LogP contribution is -2.46. The molecule has 0 aromatic carbocycles. The molecular weight excluding hydrogens is 262 g/mol. The van der Waals surface area contributed by atoms with Crippen LogP contribution in [0.3, 0.4) is 0 Å². The van der Waals surface area contributed by atoms with Crippen LogP contribution in [0.5, 0.6) is 0 Å². The molecule has 5 nitrogen and oxygen atoms in total. The van der Waals surface area contributed by atoms with Gasteiger partial charge >= 0.3 is 6.03 Å². The Labute approximate surface area is 117 Å². The Morgan fingerprint density at radius 1 is 1.68 bits per heavy atom. The van der Waals surface area contributed by atoms with E-state index in [0.717, 1.165) is 36.6 Å². The molecular formula is C13H21N3O2S. The van der Waals surface area contributed by atoms with Crippen LogP contribution in [-0.2, 0) is 11.2 Å². The normalized spacial score (nSPS) is 20.2. The number of aryl methyl sites for hydroxylation is 1. The molecule has 0 radical (unpaired) electrons. The summed E-state index contributed by atoms with van der Waals surface area (Å²) in [7, 11) is 0. The molecule has 0 spiro atoms. The Morgan fingerprint density at radius 2 is 2.53 bits per heavy atom. The Kier molecular flexibility index (Phi) is 5.15. The quantitative estimate of drug-likeness (QED) is 0.867. The van der Waals surface area contributed by atoms with Gasteiger partial charge in [0, 0.05) is 30.6 Å². The topological polar surface area (TPSA) is 63.2 Å². The Bertz CT molecular complexity index is 416. The van der Waals surface area contributed by atoms with Gasteiger partial charge in [-0.3, -0.25) is 0 Å². The maximum absolute atomic E-state index is 11.7. The highest BCUT2D eigenvalue weighted by molar-refractivity contribution is 7.09. The molecule has 1 aliphatic rings. The molecule has 2 rings (SSSR count). The van der Waals surface area contributed by atoms with Gasteiger partial charge in [0.2, 0.25) is 0 Å². The third kappa shape index (κ3) is 4.47. The van der Waals surface area contributed by atoms with Crippen molar-refractivity contribution in [1.82, 2.24) is 15.6 Å². The fraction of sp³-hybridized carbons (Fsp3) is 0.692. The van der Waals surface area contributed by atoms with Crippen molar-refractivity contribution >= 4 is 17.4 Å². The molecule has 1 aromatic rings. The number of aromatic nitrogens is 1. The summed E-state index contributed by atoms with van der Waals surface area (Å²) in [6.45, 7) is 5.38. The van der Waals surface area contributed by atoms with E-state index in [4.69, 9.17) is 4.74 Å². The lowest BCUT2D eigenvalue weighted by molar-refractivity contribution is 0.0860. The molecule has 0 aliphatic carbocycles. The lowest BCUT2D eigenvalue weighted by atomic mass is 10.1. The van der Waals surface area contributed by atoms with Gasteiger partial charge < -0.3 is 15.4 Å². The summed E-state index contributed by atoms with van der Waals surface area (Å²) < 4.78 is 5.54. The summed E-state index contributed by atoms with van der Waals surface area (Å²) in [5.41, 5.74) is 1.04. The number of nitrogens with zero attached hydrogens (tertiary/aromatic N) is 1. The first-order valence-electron chi connectivity index (χ1n) is 6.72. The molecule has 2 atom stereocenters. The van der Waals surface area contributed by atoms with Crippen molar-refractivity contribution in [1.29, 1.82) is 0 Å². The van der Waals surface area contributed by atoms with E-state index in [1.54, 1.807) is 11.3 Å². The predicted octanol–water partition coefficient (Wildman–Crippen LogP) is 1.86. The fourth-order valence-electron chi connectivity index (χ4n) is 2.15. The number of carbonyl (C=O) groups excluding carboxylic acids is 1. The highest BCUT2D eigenvalue weighted by Gasteiger charge is 2.23. The Balaban J connectivity index is 1.64. The van der Waals surface area contributed by atoms with Crippen LogP contribution in [0.2, 0.25) is 0 Å². The molecule has 0 bridgehead atoms. The zero-order valence-electron chi connectivity index (χ0n) is 11.4. The van der Waals surface area contributed by atoms with E-state index in [0.29, 0.717) is 6.54 Å². The number of urea groups is 1. The van der Waals surface area contributed by atoms with Crippen molar-refractivity contribution in [2.75, 3.05) is 13.2 Å². The van der Waals surface area contributed by atoms with Gasteiger partial charge in [0.15, 0.2) is 0 Å². The lowest BCUT2D eigenvalue weighted by Gasteiger charge is -2.20. The van der Waals surface area contributed by atoms with Crippen LogP contribution in [0.15, 0.2) is 5.38 Å². The smallest absolute Gasteiger partial charge is 0.315 e. The summed E-state index contributed by atoms with van der Waals surface area (Å²) >= 11 is 1.63. The van der Waals surface area contributed by atoms with Gasteiger partial charge in [0.1, 0.15) is 0 Å². The minimum absolute atomic E-state index is 0.0598. The molecule has 1 aromatic heterocycles. The second-order valence-corrected chi connectivity index (χ2v) is 5.82. The van der Waals surface area contributed by atoms with E-state index >= 15 is 0 Å². The van der Waals surface area contributed by atoms with E-state index in [1.165, 1.54) is 0 Å². The minimum atomic E-state index is -0.128. The zero-order valence-corrected chi connectivity index (χ0v) is 12.3. The summed E-state index contributed by atoms with van der Waals surface area (Å²) in [4.78, 5) is 16.1. The number of amides is 2. The molecule has 0 unspecified atom stereocenters. The Hall–Kier alpha value is -1.14. The first-order chi connectivity index (χ1) is 9.15. The van der Waals surface area contributed by atoms with Gasteiger partial charge in [-0.2, -0.15) is 0 Å². The van der Waals surface area contributed by atoms with Crippen LogP contribution >= 0.6 is 11.3 Å². The van der Waals surface area contributed by atoms with Crippen molar-refractivity contribution < 1.29 is 9.53 Å². The monoisotopic (exact) mass is 283 g/mol. The number of nitrogens with one attached hydrogen (secondary N) is 2. The van der Waals surface area contributed by atoms with Crippen LogP contribution in [0.1, 0.15) is 30.5 Å². The van der Waals surface area contributed by atoms with E-state index in [1.807, 2.05) is 19.2 Å². The van der Waals surface area contributed by atoms with E-state index in [9.17, 15) is 4.79 Å². The van der Waals surface area contributed by atoms with Gasteiger partial charge in [-0.05, 0) is 26.7 Å². The molecule has 2 amide bonds. The molecule has 6 heteroatoms. The molecule has 1 saturated heterocycles. The van der Waals surface area contributed by atoms with E-state index in [2.05, 4.69) is 15.6 Å². The first-order valence-corrected chi connectivity index (χ1v) is 7.60. The van der Waals surface area contributed by atoms with Gasteiger partial charge in [-0.15, -0.1) is 11.3 Å². The summed E-state index contributed by atoms with van der Waals surface area (Å²) in [5.74, 6) is 0. The molecule has 2 N–H and O–H groups in total. The molecule has 1 fully saturated rings. The van der Waals surface area contributed by atoms with Crippen LogP contribution in [0, 0.1) is 6.92 Å². The second kappa shape index (κ2) is 6.86. The summed E-state index contributed by atoms with van der Waals surface area (Å²) in [5, 5.41) is 8.86. The van der Waals surface area contributed by atoms with Gasteiger partial charge in [-0.1, -0.05) is 0 Å². The van der Waals surface area contributed by atoms with E-state index < -0.39 is 0 Å². The summed E-state index contributed by atoms with van der Waals surface area (Å²) in [6.07, 6.45) is 3.05. The number of carbonyl (C=O) groups is 1. The number of hydrogen-bond donors (Lipinski definition) is 2. The van der Waals surface area contributed by atoms with Gasteiger partial charge in [0.25, 0.3) is 0 Å². The maximum Gasteiger partial charge on any atom is 0.315 e. The highest BCUT2D eigenvalue weighted by Crippen LogP contribution is 2.15. The van der Waals surface area contributed by atoms with Gasteiger partial charge in [0.05, 0.1) is 17.2 Å². The van der Waals surface area contributed by atoms with Crippen molar-refractivity contribution in [2.24, 2.45) is 0 Å². The van der Waals surface area contributed by atoms with E-state index in [-0.39, 0.29) is 18.2 Å². The third-order valence-electron chi connectivity index (χ3n) is 3.17. The van der Waals surface area contributed by atoms with Crippen LogP contribution in [-0.4, -0.2) is 36.3 Å². The second-order valence-electron chi connectivity index (χ2n) is 4.87. The Morgan fingerprint density at radius 3 is 3.16 bits per heavy atom. The SMILES string of the molecule is Cc1csc(CCNC(=O)N[C@H](C)[C@H]2CCCO2)n1. The molecule has 106 valence electrons. The van der Waals surface area contributed by atoms with Crippen LogP contribution < -0.4 is 10.6 Å². The first kappa shape index (κ1) is 14.3. The average molecular weight is 283 g/mol. The number of thiazole rings is 1. The fourth-order valence-corrected chi connectivity index (χ4v) is 2.92. The zero-order chi connectivity index (χ0) is 13.7. The number of hydrogen-bond acceptors (Lipinski definition) is 4. The molecule has 0 saturated carbocycles. The molecule has 1 aliphatic heterocycles. The third-order valence-corrected chi connectivity index (χ3v) is 4.20. The van der Waals surface area contributed by atoms with Crippen molar-refractivity contribution in [2.45, 2.75) is 45.3 Å². The maximum atomic E-state index is 11.7. The van der Waals surface area contributed by atoms with Crippen molar-refractivity contribution in [3.8, 4) is 0 Å². The minimum Gasteiger partial charge on any atom is -0.376 e. The van der Waals surface area contributed by atoms with Crippen LogP contribution in [0.4, 0.5) is 4.79 Å². The number of rotatable bonds is 5. The van der Waals surface area contributed by atoms with Crippen molar-refractivity contribution in [3.05, 3.63) is 16.1 Å². The highest BCUT2D eigenvalue weighted by atomic mass is 32.1. The van der Waals surface area contributed by atoms with Crippen molar-refractivity contribution in [3.63, 3.8) is 0 Å². The average Bonchev–Trinajstić information content (AvgIpc) is 3.00. The largest absolute Gasteiger partial charge is 0.376 e. The standard InChI is InChI=1S/C13H21N3O2S/c1-9-8-19-12(15-9)5-6-14-13(17)16-10(2)11-4-3-7-18-11/h8,10-11H,3-7H2,1-2H3,(H2,14,16,17)/t10-,11-/m1/s1. The van der Waals surface area contributed by atoms with Crippen LogP contribution in [0.25, 0.3) is 0 Å². The van der Waals surface area contributed by atoms with Gasteiger partial charge in [-0.25, -0.2) is 9.78 Å². The molecule has 19 heavy (non-hydrogen) atoms. The summed E-state index contributed by atoms with van der Waals surface area (Å²) in [6, 6.07) is -0.0686. The number of ether oxygens (including phenoxy) is 1. The predicted molar refractivity (Wildman–Crippen MR) is 75.5 cm³/mol. The molecule has 2 heterocycles.